The monoisotopic (exact) mass is 658 g/mol. The van der Waals surface area contributed by atoms with Gasteiger partial charge in [-0.25, -0.2) is 22.7 Å². The van der Waals surface area contributed by atoms with Crippen LogP contribution in [-0.2, 0) is 17.6 Å². The van der Waals surface area contributed by atoms with E-state index < -0.39 is 22.8 Å². The fraction of sp³-hybridized carbons (Fsp3) is 0.270. The Balaban J connectivity index is 1.45. The standard InChI is InChI=1S/C37H40F2N4OS2/c1-6-43(46(44)40-5)31-11-8-10-30(24-31)42-25-35(33-18-17-29(38)23-34(33)39)41-36(42)21-26-13-15-27(16-14-26)28-9-7-12-32(22-28)45-20-19-37(2,3)4/h7-18,22-25,40H,6,19-21H2,1-5H3. The van der Waals surface area contributed by atoms with Crippen molar-refractivity contribution >= 4 is 28.6 Å². The predicted octanol–water partition coefficient (Wildman–Crippen LogP) is 9.23. The van der Waals surface area contributed by atoms with Crippen molar-refractivity contribution in [3.63, 3.8) is 0 Å². The Hall–Kier alpha value is -3.79. The first-order valence-corrected chi connectivity index (χ1v) is 17.5. The minimum absolute atomic E-state index is 0.222. The molecule has 1 atom stereocenters. The summed E-state index contributed by atoms with van der Waals surface area (Å²) in [5.74, 6) is 0.461. The second-order valence-corrected chi connectivity index (χ2v) is 14.8. The summed E-state index contributed by atoms with van der Waals surface area (Å²) < 4.78 is 47.7. The summed E-state index contributed by atoms with van der Waals surface area (Å²) in [5.41, 5.74) is 5.83. The average molecular weight is 659 g/mol. The van der Waals surface area contributed by atoms with Gasteiger partial charge >= 0.3 is 0 Å². The highest BCUT2D eigenvalue weighted by molar-refractivity contribution is 7.99. The molecule has 1 aromatic heterocycles. The van der Waals surface area contributed by atoms with E-state index in [9.17, 15) is 13.0 Å². The van der Waals surface area contributed by atoms with E-state index in [0.717, 1.165) is 40.7 Å². The van der Waals surface area contributed by atoms with Crippen LogP contribution in [0.4, 0.5) is 14.5 Å². The average Bonchev–Trinajstić information content (AvgIpc) is 3.44. The zero-order valence-electron chi connectivity index (χ0n) is 26.9. The second kappa shape index (κ2) is 14.8. The van der Waals surface area contributed by atoms with Crippen molar-refractivity contribution in [3.8, 4) is 28.1 Å². The van der Waals surface area contributed by atoms with Crippen LogP contribution in [0.1, 0.15) is 45.5 Å². The SMILES string of the molecule is CCN(c1cccc(-n2cc(-c3ccc(F)cc3F)nc2Cc2ccc(-c3cccc(SCCC(C)(C)C)c3)cc2)c1)S(=O)NC. The number of hydrogen-bond acceptors (Lipinski definition) is 3. The number of hydrogen-bond donors (Lipinski definition) is 1. The molecule has 0 spiro atoms. The molecule has 0 aliphatic heterocycles. The first-order chi connectivity index (χ1) is 22.0. The predicted molar refractivity (Wildman–Crippen MR) is 189 cm³/mol. The lowest BCUT2D eigenvalue weighted by molar-refractivity contribution is 0.401. The van der Waals surface area contributed by atoms with Crippen LogP contribution in [0.15, 0.2) is 102 Å². The molecule has 0 fully saturated rings. The molecule has 0 amide bonds. The lowest BCUT2D eigenvalue weighted by Crippen LogP contribution is -2.33. The van der Waals surface area contributed by atoms with Crippen molar-refractivity contribution in [3.05, 3.63) is 120 Å². The van der Waals surface area contributed by atoms with Gasteiger partial charge in [-0.2, -0.15) is 0 Å². The third-order valence-corrected chi connectivity index (χ3v) is 9.86. The van der Waals surface area contributed by atoms with Gasteiger partial charge in [0, 0.05) is 41.4 Å². The molecule has 0 bridgehead atoms. The minimum atomic E-state index is -1.40. The largest absolute Gasteiger partial charge is 0.303 e. The van der Waals surface area contributed by atoms with Gasteiger partial charge in [-0.05, 0) is 90.7 Å². The summed E-state index contributed by atoms with van der Waals surface area (Å²) in [6.45, 7) is 9.28. The summed E-state index contributed by atoms with van der Waals surface area (Å²) >= 11 is 0.487. The Labute approximate surface area is 277 Å². The van der Waals surface area contributed by atoms with Crippen molar-refractivity contribution in [2.24, 2.45) is 5.41 Å². The maximum Gasteiger partial charge on any atom is 0.195 e. The Morgan fingerprint density at radius 1 is 0.935 bits per heavy atom. The van der Waals surface area contributed by atoms with Gasteiger partial charge in [-0.3, -0.25) is 4.31 Å². The third-order valence-electron chi connectivity index (χ3n) is 7.65. The van der Waals surface area contributed by atoms with Crippen LogP contribution >= 0.6 is 11.8 Å². The van der Waals surface area contributed by atoms with Crippen molar-refractivity contribution in [1.29, 1.82) is 0 Å². The van der Waals surface area contributed by atoms with Crippen molar-refractivity contribution < 1.29 is 13.0 Å². The number of thioether (sulfide) groups is 1. The summed E-state index contributed by atoms with van der Waals surface area (Å²) in [5, 5.41) is 0. The molecule has 5 rings (SSSR count). The highest BCUT2D eigenvalue weighted by Gasteiger charge is 2.18. The van der Waals surface area contributed by atoms with Crippen LogP contribution < -0.4 is 9.03 Å². The highest BCUT2D eigenvalue weighted by atomic mass is 32.2. The Kier molecular flexibility index (Phi) is 10.8. The maximum absolute atomic E-state index is 14.9. The van der Waals surface area contributed by atoms with Crippen LogP contribution in [-0.4, -0.2) is 33.1 Å². The number of nitrogens with zero attached hydrogens (tertiary/aromatic N) is 3. The zero-order chi connectivity index (χ0) is 32.8. The molecule has 4 aromatic carbocycles. The van der Waals surface area contributed by atoms with Crippen LogP contribution in [0.25, 0.3) is 28.1 Å². The Morgan fingerprint density at radius 2 is 1.70 bits per heavy atom. The summed E-state index contributed by atoms with van der Waals surface area (Å²) in [4.78, 5) is 6.10. The molecule has 0 radical (unpaired) electrons. The summed E-state index contributed by atoms with van der Waals surface area (Å²) in [6, 6.07) is 28.3. The van der Waals surface area contributed by atoms with E-state index >= 15 is 0 Å². The van der Waals surface area contributed by atoms with Gasteiger partial charge in [-0.15, -0.1) is 11.8 Å². The van der Waals surface area contributed by atoms with Gasteiger partial charge in [0.25, 0.3) is 0 Å². The molecule has 9 heteroatoms. The Morgan fingerprint density at radius 3 is 2.39 bits per heavy atom. The molecule has 1 heterocycles. The van der Waals surface area contributed by atoms with E-state index in [2.05, 4.69) is 74.0 Å². The lowest BCUT2D eigenvalue weighted by Gasteiger charge is -2.21. The number of halogens is 2. The fourth-order valence-electron chi connectivity index (χ4n) is 5.14. The summed E-state index contributed by atoms with van der Waals surface area (Å²) in [7, 11) is 1.65. The van der Waals surface area contributed by atoms with Crippen molar-refractivity contribution in [1.82, 2.24) is 14.3 Å². The highest BCUT2D eigenvalue weighted by Crippen LogP contribution is 2.31. The first-order valence-electron chi connectivity index (χ1n) is 15.4. The number of aromatic nitrogens is 2. The third kappa shape index (κ3) is 8.32. The minimum Gasteiger partial charge on any atom is -0.303 e. The molecule has 0 aliphatic rings. The van der Waals surface area contributed by atoms with E-state index in [0.29, 0.717) is 29.9 Å². The molecule has 46 heavy (non-hydrogen) atoms. The van der Waals surface area contributed by atoms with Gasteiger partial charge in [0.2, 0.25) is 0 Å². The lowest BCUT2D eigenvalue weighted by atomic mass is 9.94. The van der Waals surface area contributed by atoms with Crippen LogP contribution in [0.5, 0.6) is 0 Å². The van der Waals surface area contributed by atoms with Crippen LogP contribution in [0.3, 0.4) is 0 Å². The van der Waals surface area contributed by atoms with Gasteiger partial charge in [0.1, 0.15) is 17.5 Å². The molecular formula is C37H40F2N4OS2. The number of nitrogens with one attached hydrogen (secondary N) is 1. The maximum atomic E-state index is 14.9. The molecule has 240 valence electrons. The smallest absolute Gasteiger partial charge is 0.195 e. The number of benzene rings is 4. The van der Waals surface area contributed by atoms with Crippen LogP contribution in [0, 0.1) is 17.0 Å². The number of anilines is 1. The normalized spacial score (nSPS) is 12.3. The quantitative estimate of drug-likeness (QED) is 0.136. The number of rotatable bonds is 12. The second-order valence-electron chi connectivity index (χ2n) is 12.3. The molecule has 0 saturated carbocycles. The zero-order valence-corrected chi connectivity index (χ0v) is 28.5. The van der Waals surface area contributed by atoms with E-state index in [-0.39, 0.29) is 5.56 Å². The van der Waals surface area contributed by atoms with Gasteiger partial charge < -0.3 is 4.57 Å². The molecule has 0 saturated heterocycles. The van der Waals surface area contributed by atoms with Crippen LogP contribution in [0.2, 0.25) is 0 Å². The van der Waals surface area contributed by atoms with E-state index in [1.54, 1.807) is 17.5 Å². The van der Waals surface area contributed by atoms with Gasteiger partial charge in [0.15, 0.2) is 11.2 Å². The van der Waals surface area contributed by atoms with Crippen molar-refractivity contribution in [2.45, 2.75) is 45.4 Å². The topological polar surface area (TPSA) is 50.2 Å². The van der Waals surface area contributed by atoms with E-state index in [1.807, 2.05) is 47.5 Å². The van der Waals surface area contributed by atoms with E-state index in [1.165, 1.54) is 22.6 Å². The Bertz CT molecular complexity index is 1820. The molecular weight excluding hydrogens is 619 g/mol. The van der Waals surface area contributed by atoms with Crippen molar-refractivity contribution in [2.75, 3.05) is 23.7 Å². The van der Waals surface area contributed by atoms with Gasteiger partial charge in [0.05, 0.1) is 11.4 Å². The first kappa shape index (κ1) is 33.6. The molecule has 5 nitrogen and oxygen atoms in total. The molecule has 1 unspecified atom stereocenters. The molecule has 1 N–H and O–H groups in total. The van der Waals surface area contributed by atoms with Gasteiger partial charge in [-0.1, -0.05) is 63.2 Å². The fourth-order valence-corrected chi connectivity index (χ4v) is 7.23. The van der Waals surface area contributed by atoms with E-state index in [4.69, 9.17) is 4.98 Å². The molecule has 5 aromatic rings. The molecule has 0 aliphatic carbocycles. The number of imidazole rings is 1. The summed E-state index contributed by atoms with van der Waals surface area (Å²) in [6.07, 6.45) is 3.40.